The molecule has 0 aromatic heterocycles. The molecule has 0 spiro atoms. The van der Waals surface area contributed by atoms with Gasteiger partial charge in [0.15, 0.2) is 0 Å². The van der Waals surface area contributed by atoms with E-state index in [0.717, 1.165) is 0 Å². The predicted octanol–water partition coefficient (Wildman–Crippen LogP) is 1.36. The second-order valence-electron chi connectivity index (χ2n) is 1.79. The number of aliphatic hydroxyl groups excluding tert-OH is 1. The van der Waals surface area contributed by atoms with E-state index in [1.54, 1.807) is 19.1 Å². The standard InChI is InChI=1S/C7H12O/c1-4-7(5-2)6(3)8/h4-8H,1-2H2,3H3. The first-order valence-electron chi connectivity index (χ1n) is 2.65. The largest absolute Gasteiger partial charge is 0.392 e. The molecule has 1 nitrogen and oxygen atoms in total. The zero-order valence-electron chi connectivity index (χ0n) is 5.17. The molecule has 0 fully saturated rings. The summed E-state index contributed by atoms with van der Waals surface area (Å²) in [5, 5.41) is 8.87. The monoisotopic (exact) mass is 112 g/mol. The lowest BCUT2D eigenvalue weighted by molar-refractivity contribution is 0.169. The third kappa shape index (κ3) is 1.94. The molecule has 0 aromatic rings. The van der Waals surface area contributed by atoms with Crippen LogP contribution in [0.5, 0.6) is 0 Å². The fraction of sp³-hybridized carbons (Fsp3) is 0.429. The van der Waals surface area contributed by atoms with Gasteiger partial charge in [-0.05, 0) is 6.92 Å². The van der Waals surface area contributed by atoms with Crippen LogP contribution in [0.4, 0.5) is 0 Å². The summed E-state index contributed by atoms with van der Waals surface area (Å²) < 4.78 is 0. The van der Waals surface area contributed by atoms with Crippen molar-refractivity contribution >= 4 is 0 Å². The lowest BCUT2D eigenvalue weighted by atomic mass is 10.1. The maximum Gasteiger partial charge on any atom is 0.0609 e. The summed E-state index contributed by atoms with van der Waals surface area (Å²) in [5.74, 6) is 0.0370. The van der Waals surface area contributed by atoms with E-state index < -0.39 is 0 Å². The molecule has 0 saturated carbocycles. The van der Waals surface area contributed by atoms with E-state index in [-0.39, 0.29) is 12.0 Å². The lowest BCUT2D eigenvalue weighted by Crippen LogP contribution is -2.10. The number of rotatable bonds is 3. The van der Waals surface area contributed by atoms with Crippen LogP contribution in [-0.2, 0) is 0 Å². The molecular weight excluding hydrogens is 100 g/mol. The molecule has 46 valence electrons. The van der Waals surface area contributed by atoms with Crippen LogP contribution in [0, 0.1) is 5.92 Å². The van der Waals surface area contributed by atoms with Gasteiger partial charge in [0.25, 0.3) is 0 Å². The summed E-state index contributed by atoms with van der Waals surface area (Å²) in [6, 6.07) is 0. The van der Waals surface area contributed by atoms with Gasteiger partial charge in [0, 0.05) is 5.92 Å². The first kappa shape index (κ1) is 7.44. The van der Waals surface area contributed by atoms with Crippen molar-refractivity contribution in [3.8, 4) is 0 Å². The van der Waals surface area contributed by atoms with Crippen LogP contribution >= 0.6 is 0 Å². The van der Waals surface area contributed by atoms with Gasteiger partial charge in [-0.25, -0.2) is 0 Å². The molecule has 0 bridgehead atoms. The molecule has 0 amide bonds. The minimum absolute atomic E-state index is 0.0370. The van der Waals surface area contributed by atoms with Crippen LogP contribution in [0.2, 0.25) is 0 Å². The van der Waals surface area contributed by atoms with Crippen LogP contribution in [0.15, 0.2) is 25.3 Å². The Hall–Kier alpha value is -0.560. The highest BCUT2D eigenvalue weighted by atomic mass is 16.3. The molecule has 0 aromatic carbocycles. The van der Waals surface area contributed by atoms with E-state index in [1.807, 2.05) is 0 Å². The van der Waals surface area contributed by atoms with Gasteiger partial charge in [0.2, 0.25) is 0 Å². The number of hydrogen-bond donors (Lipinski definition) is 1. The highest BCUT2D eigenvalue weighted by Gasteiger charge is 2.03. The van der Waals surface area contributed by atoms with Crippen LogP contribution in [0.3, 0.4) is 0 Å². The van der Waals surface area contributed by atoms with Crippen molar-refractivity contribution in [2.45, 2.75) is 13.0 Å². The maximum absolute atomic E-state index is 8.87. The van der Waals surface area contributed by atoms with Gasteiger partial charge in [-0.3, -0.25) is 0 Å². The Kier molecular flexibility index (Phi) is 3.20. The molecule has 8 heavy (non-hydrogen) atoms. The van der Waals surface area contributed by atoms with Gasteiger partial charge in [-0.2, -0.15) is 0 Å². The molecular formula is C7H12O. The van der Waals surface area contributed by atoms with Crippen molar-refractivity contribution in [1.29, 1.82) is 0 Å². The van der Waals surface area contributed by atoms with Crippen LogP contribution in [0.1, 0.15) is 6.92 Å². The molecule has 1 heteroatoms. The zero-order chi connectivity index (χ0) is 6.57. The van der Waals surface area contributed by atoms with Gasteiger partial charge in [-0.1, -0.05) is 12.2 Å². The smallest absolute Gasteiger partial charge is 0.0609 e. The molecule has 1 N–H and O–H groups in total. The van der Waals surface area contributed by atoms with E-state index in [2.05, 4.69) is 13.2 Å². The Morgan fingerprint density at radius 2 is 1.75 bits per heavy atom. The minimum atomic E-state index is -0.356. The average molecular weight is 112 g/mol. The van der Waals surface area contributed by atoms with Gasteiger partial charge in [-0.15, -0.1) is 13.2 Å². The number of aliphatic hydroxyl groups is 1. The highest BCUT2D eigenvalue weighted by molar-refractivity contribution is 4.94. The van der Waals surface area contributed by atoms with Crippen LogP contribution < -0.4 is 0 Å². The van der Waals surface area contributed by atoms with Crippen LogP contribution in [0.25, 0.3) is 0 Å². The van der Waals surface area contributed by atoms with Gasteiger partial charge < -0.3 is 5.11 Å². The van der Waals surface area contributed by atoms with E-state index in [9.17, 15) is 0 Å². The lowest BCUT2D eigenvalue weighted by Gasteiger charge is -2.08. The van der Waals surface area contributed by atoms with Gasteiger partial charge >= 0.3 is 0 Å². The van der Waals surface area contributed by atoms with E-state index in [1.165, 1.54) is 0 Å². The van der Waals surface area contributed by atoms with Crippen molar-refractivity contribution in [2.75, 3.05) is 0 Å². The summed E-state index contributed by atoms with van der Waals surface area (Å²) in [4.78, 5) is 0. The molecule has 1 atom stereocenters. The maximum atomic E-state index is 8.87. The van der Waals surface area contributed by atoms with Crippen LogP contribution in [-0.4, -0.2) is 11.2 Å². The Balaban J connectivity index is 3.68. The predicted molar refractivity (Wildman–Crippen MR) is 35.6 cm³/mol. The topological polar surface area (TPSA) is 20.2 Å². The average Bonchev–Trinajstić information content (AvgIpc) is 1.69. The van der Waals surface area contributed by atoms with E-state index in [4.69, 9.17) is 5.11 Å². The molecule has 0 heterocycles. The second-order valence-corrected chi connectivity index (χ2v) is 1.79. The van der Waals surface area contributed by atoms with Crippen molar-refractivity contribution < 1.29 is 5.11 Å². The number of hydrogen-bond acceptors (Lipinski definition) is 1. The fourth-order valence-electron chi connectivity index (χ4n) is 0.490. The third-order valence-corrected chi connectivity index (χ3v) is 1.10. The minimum Gasteiger partial charge on any atom is -0.392 e. The molecule has 0 saturated heterocycles. The Morgan fingerprint density at radius 3 is 1.75 bits per heavy atom. The molecule has 0 radical (unpaired) electrons. The molecule has 1 unspecified atom stereocenters. The first-order chi connectivity index (χ1) is 3.72. The van der Waals surface area contributed by atoms with E-state index >= 15 is 0 Å². The third-order valence-electron chi connectivity index (χ3n) is 1.10. The van der Waals surface area contributed by atoms with Gasteiger partial charge in [0.1, 0.15) is 0 Å². The van der Waals surface area contributed by atoms with Crippen molar-refractivity contribution in [3.63, 3.8) is 0 Å². The highest BCUT2D eigenvalue weighted by Crippen LogP contribution is 2.03. The Labute approximate surface area is 50.3 Å². The quantitative estimate of drug-likeness (QED) is 0.546. The molecule has 0 aliphatic rings. The molecule has 0 aliphatic heterocycles. The van der Waals surface area contributed by atoms with Gasteiger partial charge in [0.05, 0.1) is 6.10 Å². The Bertz CT molecular complexity index is 76.4. The van der Waals surface area contributed by atoms with E-state index in [0.29, 0.717) is 0 Å². The summed E-state index contributed by atoms with van der Waals surface area (Å²) in [6.45, 7) is 8.76. The van der Waals surface area contributed by atoms with Crippen molar-refractivity contribution in [3.05, 3.63) is 25.3 Å². The summed E-state index contributed by atoms with van der Waals surface area (Å²) in [5.41, 5.74) is 0. The fourth-order valence-corrected chi connectivity index (χ4v) is 0.490. The Morgan fingerprint density at radius 1 is 1.38 bits per heavy atom. The first-order valence-corrected chi connectivity index (χ1v) is 2.65. The summed E-state index contributed by atoms with van der Waals surface area (Å²) >= 11 is 0. The molecule has 0 aliphatic carbocycles. The zero-order valence-corrected chi connectivity index (χ0v) is 5.17. The SMILES string of the molecule is C=CC(C=C)C(C)O. The second kappa shape index (κ2) is 3.44. The summed E-state index contributed by atoms with van der Waals surface area (Å²) in [6.07, 6.45) is 3.00. The van der Waals surface area contributed by atoms with Crippen molar-refractivity contribution in [2.24, 2.45) is 5.92 Å². The normalized spacial score (nSPS) is 13.4. The summed E-state index contributed by atoms with van der Waals surface area (Å²) in [7, 11) is 0. The van der Waals surface area contributed by atoms with Crippen molar-refractivity contribution in [1.82, 2.24) is 0 Å². The molecule has 0 rings (SSSR count).